The minimum atomic E-state index is -1.55. The average molecular weight is 334 g/mol. The SMILES string of the molecule is CC(C)(C1=CC(C(=O)O)C(O)(c2ccccc2)C=C1)c1ccccc1. The molecule has 2 aromatic carbocycles. The van der Waals surface area contributed by atoms with Crippen LogP contribution in [0.1, 0.15) is 25.0 Å². The molecule has 2 unspecified atom stereocenters. The molecule has 0 aromatic heterocycles. The van der Waals surface area contributed by atoms with Gasteiger partial charge in [-0.15, -0.1) is 0 Å². The van der Waals surface area contributed by atoms with Crippen molar-refractivity contribution in [2.75, 3.05) is 0 Å². The molecule has 0 saturated heterocycles. The van der Waals surface area contributed by atoms with Gasteiger partial charge in [-0.25, -0.2) is 0 Å². The fourth-order valence-electron chi connectivity index (χ4n) is 3.36. The van der Waals surface area contributed by atoms with E-state index in [0.717, 1.165) is 11.1 Å². The molecule has 0 saturated carbocycles. The predicted octanol–water partition coefficient (Wildman–Crippen LogP) is 4.05. The van der Waals surface area contributed by atoms with Crippen molar-refractivity contribution in [1.29, 1.82) is 0 Å². The molecule has 3 nitrogen and oxygen atoms in total. The molecule has 0 radical (unpaired) electrons. The average Bonchev–Trinajstić information content (AvgIpc) is 2.63. The predicted molar refractivity (Wildman–Crippen MR) is 98.2 cm³/mol. The largest absolute Gasteiger partial charge is 0.481 e. The zero-order valence-corrected chi connectivity index (χ0v) is 14.4. The summed E-state index contributed by atoms with van der Waals surface area (Å²) in [5.41, 5.74) is 0.644. The molecule has 0 fully saturated rings. The normalized spacial score (nSPS) is 23.2. The molecule has 0 spiro atoms. The number of carbonyl (C=O) groups is 1. The summed E-state index contributed by atoms with van der Waals surface area (Å²) in [5.74, 6) is -2.09. The third kappa shape index (κ3) is 3.03. The number of hydrogen-bond donors (Lipinski definition) is 2. The minimum Gasteiger partial charge on any atom is -0.481 e. The molecule has 0 amide bonds. The number of rotatable bonds is 4. The molecule has 3 rings (SSSR count). The second kappa shape index (κ2) is 6.34. The van der Waals surface area contributed by atoms with Gasteiger partial charge in [0.2, 0.25) is 0 Å². The number of allylic oxidation sites excluding steroid dienone is 2. The molecule has 25 heavy (non-hydrogen) atoms. The first-order valence-corrected chi connectivity index (χ1v) is 8.33. The molecule has 2 N–H and O–H groups in total. The number of benzene rings is 2. The third-order valence-corrected chi connectivity index (χ3v) is 5.06. The molecule has 2 aromatic rings. The van der Waals surface area contributed by atoms with Crippen LogP contribution in [0, 0.1) is 5.92 Å². The Balaban J connectivity index is 2.05. The molecule has 0 heterocycles. The maximum Gasteiger partial charge on any atom is 0.314 e. The third-order valence-electron chi connectivity index (χ3n) is 5.06. The van der Waals surface area contributed by atoms with Gasteiger partial charge in [-0.1, -0.05) is 86.7 Å². The lowest BCUT2D eigenvalue weighted by molar-refractivity contribution is -0.146. The van der Waals surface area contributed by atoms with E-state index in [1.165, 1.54) is 0 Å². The van der Waals surface area contributed by atoms with Crippen molar-refractivity contribution >= 4 is 5.97 Å². The second-order valence-electron chi connectivity index (χ2n) is 6.95. The van der Waals surface area contributed by atoms with Crippen LogP contribution in [0.5, 0.6) is 0 Å². The van der Waals surface area contributed by atoms with Crippen molar-refractivity contribution < 1.29 is 15.0 Å². The Morgan fingerprint density at radius 3 is 2.12 bits per heavy atom. The molecule has 0 bridgehead atoms. The Kier molecular flexibility index (Phi) is 4.36. The number of carboxylic acid groups (broad SMARTS) is 1. The zero-order valence-electron chi connectivity index (χ0n) is 14.4. The second-order valence-corrected chi connectivity index (χ2v) is 6.95. The van der Waals surface area contributed by atoms with Crippen molar-refractivity contribution in [3.63, 3.8) is 0 Å². The van der Waals surface area contributed by atoms with Crippen molar-refractivity contribution in [3.05, 3.63) is 95.6 Å². The lowest BCUT2D eigenvalue weighted by Gasteiger charge is -2.37. The maximum absolute atomic E-state index is 11.9. The summed E-state index contributed by atoms with van der Waals surface area (Å²) in [7, 11) is 0. The first kappa shape index (κ1) is 17.2. The van der Waals surface area contributed by atoms with Gasteiger partial charge in [-0.05, 0) is 22.8 Å². The highest BCUT2D eigenvalue weighted by Gasteiger charge is 2.43. The summed E-state index contributed by atoms with van der Waals surface area (Å²) in [4.78, 5) is 11.9. The molecule has 1 aliphatic carbocycles. The van der Waals surface area contributed by atoms with E-state index in [0.29, 0.717) is 5.56 Å². The number of hydrogen-bond acceptors (Lipinski definition) is 2. The minimum absolute atomic E-state index is 0.358. The van der Waals surface area contributed by atoms with Gasteiger partial charge in [0, 0.05) is 5.41 Å². The van der Waals surface area contributed by atoms with E-state index in [2.05, 4.69) is 13.8 Å². The molecule has 2 atom stereocenters. The number of carboxylic acids is 1. The fourth-order valence-corrected chi connectivity index (χ4v) is 3.36. The van der Waals surface area contributed by atoms with Crippen LogP contribution >= 0.6 is 0 Å². The van der Waals surface area contributed by atoms with E-state index in [1.807, 2.05) is 42.5 Å². The van der Waals surface area contributed by atoms with Gasteiger partial charge in [0.15, 0.2) is 0 Å². The molecular formula is C22H22O3. The lowest BCUT2D eigenvalue weighted by Crippen LogP contribution is -2.40. The first-order valence-electron chi connectivity index (χ1n) is 8.33. The van der Waals surface area contributed by atoms with E-state index in [1.54, 1.807) is 36.4 Å². The molecule has 1 aliphatic rings. The summed E-state index contributed by atoms with van der Waals surface area (Å²) >= 11 is 0. The van der Waals surface area contributed by atoms with Crippen LogP contribution in [0.25, 0.3) is 0 Å². The van der Waals surface area contributed by atoms with Gasteiger partial charge in [0.1, 0.15) is 11.5 Å². The van der Waals surface area contributed by atoms with Crippen LogP contribution in [0.2, 0.25) is 0 Å². The highest BCUT2D eigenvalue weighted by atomic mass is 16.4. The summed E-state index contributed by atoms with van der Waals surface area (Å²) in [5, 5.41) is 20.9. The van der Waals surface area contributed by atoms with Gasteiger partial charge >= 0.3 is 5.97 Å². The van der Waals surface area contributed by atoms with E-state index in [9.17, 15) is 15.0 Å². The van der Waals surface area contributed by atoms with Gasteiger partial charge in [0.05, 0.1) is 0 Å². The standard InChI is InChI=1S/C22H22O3/c1-21(2,16-9-5-3-6-10-16)18-13-14-22(25,19(15-18)20(23)24)17-11-7-4-8-12-17/h3-15,19,25H,1-2H3,(H,23,24). The molecule has 0 aliphatic heterocycles. The Bertz CT molecular complexity index is 819. The van der Waals surface area contributed by atoms with Crippen LogP contribution in [0.3, 0.4) is 0 Å². The number of aliphatic carboxylic acids is 1. The molecule has 3 heteroatoms. The molecule has 128 valence electrons. The number of aliphatic hydroxyl groups is 1. The van der Waals surface area contributed by atoms with Gasteiger partial charge < -0.3 is 10.2 Å². The quantitative estimate of drug-likeness (QED) is 0.887. The summed E-state index contributed by atoms with van der Waals surface area (Å²) in [6.07, 6.45) is 5.14. The maximum atomic E-state index is 11.9. The highest BCUT2D eigenvalue weighted by molar-refractivity contribution is 5.76. The molecular weight excluding hydrogens is 312 g/mol. The zero-order chi connectivity index (χ0) is 18.1. The van der Waals surface area contributed by atoms with Crippen LogP contribution in [0.15, 0.2) is 84.5 Å². The summed E-state index contributed by atoms with van der Waals surface area (Å²) in [6.45, 7) is 4.12. The highest BCUT2D eigenvalue weighted by Crippen LogP contribution is 2.42. The monoisotopic (exact) mass is 334 g/mol. The van der Waals surface area contributed by atoms with Crippen molar-refractivity contribution in [2.45, 2.75) is 24.9 Å². The lowest BCUT2D eigenvalue weighted by atomic mass is 9.70. The summed E-state index contributed by atoms with van der Waals surface area (Å²) in [6, 6.07) is 18.9. The Labute approximate surface area is 148 Å². The topological polar surface area (TPSA) is 57.5 Å². The van der Waals surface area contributed by atoms with Gasteiger partial charge in [-0.3, -0.25) is 4.79 Å². The van der Waals surface area contributed by atoms with Crippen molar-refractivity contribution in [1.82, 2.24) is 0 Å². The Morgan fingerprint density at radius 1 is 1.00 bits per heavy atom. The van der Waals surface area contributed by atoms with Crippen LogP contribution in [0.4, 0.5) is 0 Å². The van der Waals surface area contributed by atoms with Crippen molar-refractivity contribution in [3.8, 4) is 0 Å². The van der Waals surface area contributed by atoms with Gasteiger partial charge in [0.25, 0.3) is 0 Å². The van der Waals surface area contributed by atoms with E-state index in [-0.39, 0.29) is 5.41 Å². The first-order chi connectivity index (χ1) is 11.9. The van der Waals surface area contributed by atoms with E-state index in [4.69, 9.17) is 0 Å². The van der Waals surface area contributed by atoms with E-state index < -0.39 is 17.5 Å². The Hall–Kier alpha value is -2.65. The van der Waals surface area contributed by atoms with Gasteiger partial charge in [-0.2, -0.15) is 0 Å². The Morgan fingerprint density at radius 2 is 1.56 bits per heavy atom. The van der Waals surface area contributed by atoms with Crippen LogP contribution in [-0.4, -0.2) is 16.2 Å². The van der Waals surface area contributed by atoms with Crippen molar-refractivity contribution in [2.24, 2.45) is 5.92 Å². The van der Waals surface area contributed by atoms with Crippen LogP contribution < -0.4 is 0 Å². The fraction of sp³-hybridized carbons (Fsp3) is 0.227. The smallest absolute Gasteiger partial charge is 0.314 e. The van der Waals surface area contributed by atoms with Crippen LogP contribution in [-0.2, 0) is 15.8 Å². The van der Waals surface area contributed by atoms with E-state index >= 15 is 0 Å². The summed E-state index contributed by atoms with van der Waals surface area (Å²) < 4.78 is 0.